The molecule has 104 valence electrons. The molecule has 2 heterocycles. The van der Waals surface area contributed by atoms with Gasteiger partial charge in [-0.15, -0.1) is 0 Å². The third-order valence-electron chi connectivity index (χ3n) is 4.64. The molecular formula is C15H22N2OS. The van der Waals surface area contributed by atoms with Gasteiger partial charge in [-0.1, -0.05) is 19.3 Å². The van der Waals surface area contributed by atoms with Gasteiger partial charge in [0, 0.05) is 6.04 Å². The van der Waals surface area contributed by atoms with Crippen molar-refractivity contribution < 1.29 is 4.79 Å². The van der Waals surface area contributed by atoms with Gasteiger partial charge in [0.15, 0.2) is 0 Å². The standard InChI is InChI=1S/C15H22N2OS/c1-11(12-5-3-2-4-6-12)17-14(18)9-16-15(17)13-7-8-19-10-13/h7-8,10-12,15-16H,2-6,9H2,1H3. The zero-order valence-corrected chi connectivity index (χ0v) is 12.3. The van der Waals surface area contributed by atoms with E-state index in [-0.39, 0.29) is 12.1 Å². The molecule has 2 unspecified atom stereocenters. The lowest BCUT2D eigenvalue weighted by Gasteiger charge is -2.37. The van der Waals surface area contributed by atoms with E-state index in [4.69, 9.17) is 0 Å². The van der Waals surface area contributed by atoms with Crippen LogP contribution in [0.5, 0.6) is 0 Å². The van der Waals surface area contributed by atoms with Gasteiger partial charge in [-0.05, 0) is 48.1 Å². The summed E-state index contributed by atoms with van der Waals surface area (Å²) in [5, 5.41) is 7.60. The number of hydrogen-bond acceptors (Lipinski definition) is 3. The van der Waals surface area contributed by atoms with E-state index in [0.717, 1.165) is 0 Å². The van der Waals surface area contributed by atoms with Crippen molar-refractivity contribution in [3.63, 3.8) is 0 Å². The summed E-state index contributed by atoms with van der Waals surface area (Å²) in [5.74, 6) is 0.938. The molecule has 0 radical (unpaired) electrons. The first kappa shape index (κ1) is 13.1. The van der Waals surface area contributed by atoms with Crippen molar-refractivity contribution in [2.75, 3.05) is 6.54 Å². The van der Waals surface area contributed by atoms with Crippen molar-refractivity contribution in [2.45, 2.75) is 51.2 Å². The molecule has 0 bridgehead atoms. The highest BCUT2D eigenvalue weighted by Crippen LogP contribution is 2.34. The van der Waals surface area contributed by atoms with Crippen LogP contribution in [0.1, 0.15) is 50.8 Å². The molecule has 2 atom stereocenters. The van der Waals surface area contributed by atoms with Crippen molar-refractivity contribution in [1.29, 1.82) is 0 Å². The molecule has 1 saturated carbocycles. The minimum absolute atomic E-state index is 0.0932. The van der Waals surface area contributed by atoms with Crippen LogP contribution in [0.4, 0.5) is 0 Å². The quantitative estimate of drug-likeness (QED) is 0.921. The van der Waals surface area contributed by atoms with E-state index in [2.05, 4.69) is 34.0 Å². The van der Waals surface area contributed by atoms with Crippen LogP contribution in [0.25, 0.3) is 0 Å². The number of thiophene rings is 1. The zero-order chi connectivity index (χ0) is 13.2. The molecule has 1 N–H and O–H groups in total. The lowest BCUT2D eigenvalue weighted by molar-refractivity contribution is -0.131. The van der Waals surface area contributed by atoms with Gasteiger partial charge in [-0.2, -0.15) is 11.3 Å². The van der Waals surface area contributed by atoms with E-state index < -0.39 is 0 Å². The Morgan fingerprint density at radius 3 is 2.84 bits per heavy atom. The number of hydrogen-bond donors (Lipinski definition) is 1. The minimum atomic E-state index is 0.0932. The van der Waals surface area contributed by atoms with Gasteiger partial charge >= 0.3 is 0 Å². The van der Waals surface area contributed by atoms with Crippen LogP contribution in [0.2, 0.25) is 0 Å². The van der Waals surface area contributed by atoms with Gasteiger partial charge in [0.2, 0.25) is 5.91 Å². The van der Waals surface area contributed by atoms with Crippen molar-refractivity contribution >= 4 is 17.2 Å². The number of nitrogens with zero attached hydrogens (tertiary/aromatic N) is 1. The predicted octanol–water partition coefficient (Wildman–Crippen LogP) is 3.15. The van der Waals surface area contributed by atoms with Crippen LogP contribution in [-0.2, 0) is 4.79 Å². The Hall–Kier alpha value is -0.870. The number of nitrogens with one attached hydrogen (secondary N) is 1. The fraction of sp³-hybridized carbons (Fsp3) is 0.667. The molecule has 2 fully saturated rings. The molecular weight excluding hydrogens is 256 g/mol. The summed E-state index contributed by atoms with van der Waals surface area (Å²) in [5.41, 5.74) is 1.23. The van der Waals surface area contributed by atoms with E-state index in [1.165, 1.54) is 37.7 Å². The molecule has 1 aromatic rings. The summed E-state index contributed by atoms with van der Waals surface area (Å²) in [7, 11) is 0. The van der Waals surface area contributed by atoms with E-state index in [1.54, 1.807) is 11.3 Å². The molecule has 1 saturated heterocycles. The Morgan fingerprint density at radius 1 is 1.37 bits per heavy atom. The second-order valence-corrected chi connectivity index (χ2v) is 6.56. The maximum atomic E-state index is 12.2. The average Bonchev–Trinajstić information content (AvgIpc) is 3.08. The number of carbonyl (C=O) groups is 1. The van der Waals surface area contributed by atoms with Crippen LogP contribution >= 0.6 is 11.3 Å². The van der Waals surface area contributed by atoms with Crippen molar-refractivity contribution in [3.8, 4) is 0 Å². The van der Waals surface area contributed by atoms with E-state index in [1.807, 2.05) is 0 Å². The van der Waals surface area contributed by atoms with Crippen molar-refractivity contribution in [2.24, 2.45) is 5.92 Å². The van der Waals surface area contributed by atoms with Gasteiger partial charge < -0.3 is 4.90 Å². The Kier molecular flexibility index (Phi) is 3.89. The largest absolute Gasteiger partial charge is 0.319 e. The van der Waals surface area contributed by atoms with E-state index in [9.17, 15) is 4.79 Å². The van der Waals surface area contributed by atoms with Gasteiger partial charge in [0.25, 0.3) is 0 Å². The predicted molar refractivity (Wildman–Crippen MR) is 77.9 cm³/mol. The summed E-state index contributed by atoms with van der Waals surface area (Å²) in [6, 6.07) is 2.48. The van der Waals surface area contributed by atoms with Crippen LogP contribution in [0, 0.1) is 5.92 Å². The zero-order valence-electron chi connectivity index (χ0n) is 11.5. The molecule has 1 aliphatic heterocycles. The minimum Gasteiger partial charge on any atom is -0.319 e. The van der Waals surface area contributed by atoms with Gasteiger partial charge in [-0.3, -0.25) is 10.1 Å². The van der Waals surface area contributed by atoms with Crippen LogP contribution < -0.4 is 5.32 Å². The molecule has 4 heteroatoms. The monoisotopic (exact) mass is 278 g/mol. The number of rotatable bonds is 3. The second-order valence-electron chi connectivity index (χ2n) is 5.78. The molecule has 3 rings (SSSR count). The van der Waals surface area contributed by atoms with Crippen molar-refractivity contribution in [3.05, 3.63) is 22.4 Å². The van der Waals surface area contributed by atoms with E-state index in [0.29, 0.717) is 18.5 Å². The Balaban J connectivity index is 1.77. The molecule has 0 spiro atoms. The van der Waals surface area contributed by atoms with Gasteiger partial charge in [0.1, 0.15) is 6.17 Å². The highest BCUT2D eigenvalue weighted by Gasteiger charge is 2.38. The molecule has 0 aromatic carbocycles. The highest BCUT2D eigenvalue weighted by atomic mass is 32.1. The normalized spacial score (nSPS) is 26.9. The first-order chi connectivity index (χ1) is 9.27. The average molecular weight is 278 g/mol. The first-order valence-electron chi connectivity index (χ1n) is 7.34. The maximum Gasteiger partial charge on any atom is 0.238 e. The third kappa shape index (κ3) is 2.56. The summed E-state index contributed by atoms with van der Waals surface area (Å²) in [4.78, 5) is 14.3. The van der Waals surface area contributed by atoms with E-state index >= 15 is 0 Å². The molecule has 1 amide bonds. The topological polar surface area (TPSA) is 32.3 Å². The Morgan fingerprint density at radius 2 is 2.16 bits per heavy atom. The number of amides is 1. The lowest BCUT2D eigenvalue weighted by atomic mass is 9.83. The molecule has 2 aliphatic rings. The van der Waals surface area contributed by atoms with Gasteiger partial charge in [-0.25, -0.2) is 0 Å². The smallest absolute Gasteiger partial charge is 0.238 e. The van der Waals surface area contributed by atoms with Crippen LogP contribution in [0.15, 0.2) is 16.8 Å². The highest BCUT2D eigenvalue weighted by molar-refractivity contribution is 7.07. The lowest BCUT2D eigenvalue weighted by Crippen LogP contribution is -2.42. The molecule has 3 nitrogen and oxygen atoms in total. The van der Waals surface area contributed by atoms with Crippen LogP contribution in [0.3, 0.4) is 0 Å². The number of carbonyl (C=O) groups excluding carboxylic acids is 1. The SMILES string of the molecule is CC(C1CCCCC1)N1C(=O)CNC1c1ccsc1. The second kappa shape index (κ2) is 5.63. The summed E-state index contributed by atoms with van der Waals surface area (Å²) < 4.78 is 0. The van der Waals surface area contributed by atoms with Crippen LogP contribution in [-0.4, -0.2) is 23.4 Å². The Bertz CT molecular complexity index is 425. The summed E-state index contributed by atoms with van der Waals surface area (Å²) in [6.45, 7) is 2.72. The summed E-state index contributed by atoms with van der Waals surface area (Å²) >= 11 is 1.70. The fourth-order valence-electron chi connectivity index (χ4n) is 3.53. The molecule has 1 aromatic heterocycles. The first-order valence-corrected chi connectivity index (χ1v) is 8.28. The third-order valence-corrected chi connectivity index (χ3v) is 5.34. The molecule has 19 heavy (non-hydrogen) atoms. The van der Waals surface area contributed by atoms with Gasteiger partial charge in [0.05, 0.1) is 6.54 Å². The maximum absolute atomic E-state index is 12.2. The summed E-state index contributed by atoms with van der Waals surface area (Å²) in [6.07, 6.45) is 6.67. The van der Waals surface area contributed by atoms with Crippen molar-refractivity contribution in [1.82, 2.24) is 10.2 Å². The Labute approximate surface area is 119 Å². The molecule has 1 aliphatic carbocycles. The fourth-order valence-corrected chi connectivity index (χ4v) is 4.21.